The third-order valence-electron chi connectivity index (χ3n) is 3.80. The monoisotopic (exact) mass is 361 g/mol. The minimum atomic E-state index is -0.727. The van der Waals surface area contributed by atoms with Gasteiger partial charge in [0, 0.05) is 13.1 Å². The number of ether oxygens (including phenoxy) is 1. The Hall–Kier alpha value is -3.43. The van der Waals surface area contributed by atoms with Gasteiger partial charge in [-0.2, -0.15) is 0 Å². The van der Waals surface area contributed by atoms with Crippen LogP contribution in [0.3, 0.4) is 0 Å². The number of hydrogen-bond donors (Lipinski definition) is 3. The van der Waals surface area contributed by atoms with E-state index in [9.17, 15) is 18.8 Å². The van der Waals surface area contributed by atoms with Crippen LogP contribution in [-0.2, 0) is 9.53 Å². The zero-order chi connectivity index (χ0) is 18.8. The minimum absolute atomic E-state index is 0.00703. The number of nitrogens with two attached hydrogens (primary N) is 1. The Balaban J connectivity index is 1.77. The summed E-state index contributed by atoms with van der Waals surface area (Å²) in [7, 11) is 0. The minimum Gasteiger partial charge on any atom is -0.442 e. The first-order chi connectivity index (χ1) is 12.3. The molecule has 3 amide bonds. The van der Waals surface area contributed by atoms with Crippen molar-refractivity contribution in [1.82, 2.24) is 15.3 Å². The van der Waals surface area contributed by atoms with Crippen LogP contribution in [0.5, 0.6) is 0 Å². The van der Waals surface area contributed by atoms with Gasteiger partial charge in [-0.25, -0.2) is 14.2 Å². The van der Waals surface area contributed by atoms with E-state index in [0.29, 0.717) is 5.69 Å². The highest BCUT2D eigenvalue weighted by Crippen LogP contribution is 2.27. The zero-order valence-corrected chi connectivity index (χ0v) is 13.8. The molecule has 1 aliphatic rings. The fourth-order valence-electron chi connectivity index (χ4n) is 2.55. The number of rotatable bonds is 5. The first kappa shape index (κ1) is 17.4. The summed E-state index contributed by atoms with van der Waals surface area (Å²) in [6.45, 7) is 1.73. The van der Waals surface area contributed by atoms with Gasteiger partial charge in [-0.15, -0.1) is 0 Å². The number of nitrogens with zero attached hydrogens (tertiary/aromatic N) is 2. The van der Waals surface area contributed by atoms with E-state index in [0.717, 1.165) is 0 Å². The van der Waals surface area contributed by atoms with Crippen LogP contribution in [0.15, 0.2) is 24.4 Å². The lowest BCUT2D eigenvalue weighted by molar-refractivity contribution is -0.119. The van der Waals surface area contributed by atoms with E-state index in [1.54, 1.807) is 0 Å². The van der Waals surface area contributed by atoms with Crippen LogP contribution in [0, 0.1) is 5.82 Å². The van der Waals surface area contributed by atoms with Crippen molar-refractivity contribution in [2.75, 3.05) is 18.0 Å². The van der Waals surface area contributed by atoms with Crippen LogP contribution in [0.4, 0.5) is 14.9 Å². The largest absolute Gasteiger partial charge is 0.442 e. The number of amides is 3. The summed E-state index contributed by atoms with van der Waals surface area (Å²) in [5, 5.41) is 2.57. The number of anilines is 1. The van der Waals surface area contributed by atoms with Gasteiger partial charge in [0.2, 0.25) is 5.91 Å². The fourth-order valence-corrected chi connectivity index (χ4v) is 2.55. The number of primary amides is 1. The van der Waals surface area contributed by atoms with Gasteiger partial charge in [-0.1, -0.05) is 0 Å². The van der Waals surface area contributed by atoms with Crippen LogP contribution in [0.1, 0.15) is 17.4 Å². The van der Waals surface area contributed by atoms with Gasteiger partial charge in [-0.05, 0) is 18.2 Å². The molecule has 4 N–H and O–H groups in total. The molecule has 1 fully saturated rings. The standard InChI is InChI=1S/C16H16FN5O4/c1-8(23)19-5-10-7-22(16(25)26-10)9-2-3-11(12(17)4-9)15-20-6-13(21-15)14(18)24/h2-4,6,10H,5,7H2,1H3,(H2,18,24)(H,19,23)(H,20,21)/t10-/m0/s1. The lowest BCUT2D eigenvalue weighted by Gasteiger charge is -2.14. The van der Waals surface area contributed by atoms with E-state index in [4.69, 9.17) is 10.5 Å². The molecule has 1 saturated heterocycles. The second-order valence-corrected chi connectivity index (χ2v) is 5.72. The molecule has 9 nitrogen and oxygen atoms in total. The molecule has 2 aromatic rings. The van der Waals surface area contributed by atoms with Gasteiger partial charge in [0.25, 0.3) is 5.91 Å². The number of imidazole rings is 1. The molecular weight excluding hydrogens is 345 g/mol. The van der Waals surface area contributed by atoms with Crippen molar-refractivity contribution < 1.29 is 23.5 Å². The molecule has 2 heterocycles. The number of halogens is 1. The number of aromatic amines is 1. The molecule has 0 aliphatic carbocycles. The van der Waals surface area contributed by atoms with Gasteiger partial charge in [-0.3, -0.25) is 14.5 Å². The molecule has 0 unspecified atom stereocenters. The molecule has 0 radical (unpaired) electrons. The molecule has 0 saturated carbocycles. The molecular formula is C16H16FN5O4. The number of benzene rings is 1. The summed E-state index contributed by atoms with van der Waals surface area (Å²) in [5.74, 6) is -1.44. The molecule has 1 aliphatic heterocycles. The zero-order valence-electron chi connectivity index (χ0n) is 13.8. The highest BCUT2D eigenvalue weighted by atomic mass is 19.1. The van der Waals surface area contributed by atoms with Crippen molar-refractivity contribution in [2.24, 2.45) is 5.73 Å². The Morgan fingerprint density at radius 3 is 2.88 bits per heavy atom. The lowest BCUT2D eigenvalue weighted by atomic mass is 10.1. The van der Waals surface area contributed by atoms with E-state index >= 15 is 0 Å². The molecule has 136 valence electrons. The summed E-state index contributed by atoms with van der Waals surface area (Å²) < 4.78 is 19.6. The summed E-state index contributed by atoms with van der Waals surface area (Å²) in [6.07, 6.45) is 0.147. The summed E-state index contributed by atoms with van der Waals surface area (Å²) in [4.78, 5) is 41.9. The van der Waals surface area contributed by atoms with Crippen molar-refractivity contribution in [3.05, 3.63) is 35.9 Å². The predicted molar refractivity (Wildman–Crippen MR) is 88.8 cm³/mol. The molecule has 0 bridgehead atoms. The first-order valence-corrected chi connectivity index (χ1v) is 7.73. The van der Waals surface area contributed by atoms with Crippen LogP contribution >= 0.6 is 0 Å². The van der Waals surface area contributed by atoms with E-state index in [1.165, 1.54) is 36.2 Å². The molecule has 0 spiro atoms. The van der Waals surface area contributed by atoms with Crippen LogP contribution in [-0.4, -0.2) is 47.1 Å². The second-order valence-electron chi connectivity index (χ2n) is 5.72. The average molecular weight is 361 g/mol. The van der Waals surface area contributed by atoms with Crippen LogP contribution in [0.25, 0.3) is 11.4 Å². The quantitative estimate of drug-likeness (QED) is 0.724. The number of H-pyrrole nitrogens is 1. The summed E-state index contributed by atoms with van der Waals surface area (Å²) >= 11 is 0. The Kier molecular flexibility index (Phi) is 4.57. The average Bonchev–Trinajstić information content (AvgIpc) is 3.20. The van der Waals surface area contributed by atoms with Crippen molar-refractivity contribution in [3.8, 4) is 11.4 Å². The second kappa shape index (κ2) is 6.82. The maximum Gasteiger partial charge on any atom is 0.414 e. The van der Waals surface area contributed by atoms with Gasteiger partial charge < -0.3 is 20.8 Å². The van der Waals surface area contributed by atoms with E-state index in [-0.39, 0.29) is 36.1 Å². The van der Waals surface area contributed by atoms with Crippen molar-refractivity contribution >= 4 is 23.6 Å². The molecule has 1 atom stereocenters. The van der Waals surface area contributed by atoms with E-state index < -0.39 is 23.9 Å². The van der Waals surface area contributed by atoms with Gasteiger partial charge in [0.15, 0.2) is 0 Å². The smallest absolute Gasteiger partial charge is 0.414 e. The van der Waals surface area contributed by atoms with Crippen LogP contribution < -0.4 is 16.0 Å². The Bertz CT molecular complexity index is 881. The number of carbonyl (C=O) groups excluding carboxylic acids is 3. The topological polar surface area (TPSA) is 130 Å². The van der Waals surface area contributed by atoms with Crippen molar-refractivity contribution in [3.63, 3.8) is 0 Å². The normalized spacial score (nSPS) is 16.5. The first-order valence-electron chi connectivity index (χ1n) is 7.73. The fraction of sp³-hybridized carbons (Fsp3) is 0.250. The summed E-state index contributed by atoms with van der Waals surface area (Å²) in [6, 6.07) is 4.14. The molecule has 1 aromatic heterocycles. The maximum absolute atomic E-state index is 14.5. The Morgan fingerprint density at radius 2 is 2.27 bits per heavy atom. The highest BCUT2D eigenvalue weighted by Gasteiger charge is 2.32. The SMILES string of the molecule is CC(=O)NC[C@H]1CN(c2ccc(-c3nc(C(N)=O)c[nH]3)c(F)c2)C(=O)O1. The third-order valence-corrected chi connectivity index (χ3v) is 3.80. The lowest BCUT2D eigenvalue weighted by Crippen LogP contribution is -2.33. The Morgan fingerprint density at radius 1 is 1.50 bits per heavy atom. The van der Waals surface area contributed by atoms with E-state index in [2.05, 4.69) is 15.3 Å². The molecule has 26 heavy (non-hydrogen) atoms. The number of nitrogens with one attached hydrogen (secondary N) is 2. The predicted octanol–water partition coefficient (Wildman–Crippen LogP) is 0.776. The number of aromatic nitrogens is 2. The third kappa shape index (κ3) is 3.48. The number of carbonyl (C=O) groups is 3. The van der Waals surface area contributed by atoms with Gasteiger partial charge in [0.1, 0.15) is 23.4 Å². The van der Waals surface area contributed by atoms with Crippen molar-refractivity contribution in [1.29, 1.82) is 0 Å². The maximum atomic E-state index is 14.5. The summed E-state index contributed by atoms with van der Waals surface area (Å²) in [5.41, 5.74) is 5.55. The van der Waals surface area contributed by atoms with Crippen molar-refractivity contribution in [2.45, 2.75) is 13.0 Å². The highest BCUT2D eigenvalue weighted by molar-refractivity contribution is 5.91. The van der Waals surface area contributed by atoms with E-state index in [1.807, 2.05) is 0 Å². The van der Waals surface area contributed by atoms with Crippen LogP contribution in [0.2, 0.25) is 0 Å². The molecule has 3 rings (SSSR count). The van der Waals surface area contributed by atoms with Gasteiger partial charge in [0.05, 0.1) is 24.3 Å². The number of hydrogen-bond acceptors (Lipinski definition) is 5. The Labute approximate surface area is 147 Å². The molecule has 10 heteroatoms. The molecule has 1 aromatic carbocycles. The van der Waals surface area contributed by atoms with Gasteiger partial charge >= 0.3 is 6.09 Å². The number of cyclic esters (lactones) is 1.